The van der Waals surface area contributed by atoms with Gasteiger partial charge in [0.05, 0.1) is 18.7 Å². The Morgan fingerprint density at radius 2 is 2.21 bits per heavy atom. The van der Waals surface area contributed by atoms with Crippen LogP contribution in [0.3, 0.4) is 0 Å². The summed E-state index contributed by atoms with van der Waals surface area (Å²) in [6.07, 6.45) is 2.10. The molecule has 1 atom stereocenters. The molecule has 1 rings (SSSR count). The molecule has 0 aliphatic carbocycles. The van der Waals surface area contributed by atoms with Crippen LogP contribution in [-0.4, -0.2) is 33.1 Å². The number of carbonyl (C=O) groups excluding carboxylic acids is 1. The number of rotatable bonds is 6. The zero-order valence-corrected chi connectivity index (χ0v) is 11.0. The van der Waals surface area contributed by atoms with Crippen molar-refractivity contribution in [2.75, 3.05) is 0 Å². The first-order valence-corrected chi connectivity index (χ1v) is 6.06. The molecule has 0 aromatic carbocycles. The molecule has 104 valence electrons. The van der Waals surface area contributed by atoms with Gasteiger partial charge in [0.2, 0.25) is 0 Å². The topological polar surface area (TPSA) is 104 Å². The van der Waals surface area contributed by atoms with Crippen molar-refractivity contribution in [3.63, 3.8) is 0 Å². The van der Waals surface area contributed by atoms with Crippen LogP contribution >= 0.6 is 0 Å². The van der Waals surface area contributed by atoms with Crippen LogP contribution in [0.4, 0.5) is 4.79 Å². The van der Waals surface area contributed by atoms with Gasteiger partial charge in [-0.25, -0.2) is 14.8 Å². The fourth-order valence-electron chi connectivity index (χ4n) is 1.52. The molecule has 0 saturated heterocycles. The highest BCUT2D eigenvalue weighted by atomic mass is 16.4. The molecule has 2 amide bonds. The number of nitrogens with one attached hydrogen (secondary N) is 2. The molecule has 0 spiro atoms. The van der Waals surface area contributed by atoms with Crippen molar-refractivity contribution < 1.29 is 14.7 Å². The van der Waals surface area contributed by atoms with Crippen LogP contribution in [0.15, 0.2) is 12.3 Å². The summed E-state index contributed by atoms with van der Waals surface area (Å²) in [4.78, 5) is 30.3. The maximum atomic E-state index is 11.6. The van der Waals surface area contributed by atoms with E-state index >= 15 is 0 Å². The molecule has 3 N–H and O–H groups in total. The third kappa shape index (κ3) is 5.80. The van der Waals surface area contributed by atoms with Gasteiger partial charge in [0.25, 0.3) is 0 Å². The smallest absolute Gasteiger partial charge is 0.315 e. The largest absolute Gasteiger partial charge is 0.481 e. The van der Waals surface area contributed by atoms with E-state index in [9.17, 15) is 9.59 Å². The average molecular weight is 266 g/mol. The van der Waals surface area contributed by atoms with Crippen molar-refractivity contribution in [2.24, 2.45) is 0 Å². The van der Waals surface area contributed by atoms with Gasteiger partial charge in [0, 0.05) is 12.2 Å². The third-order valence-corrected chi connectivity index (χ3v) is 2.51. The van der Waals surface area contributed by atoms with E-state index in [1.807, 2.05) is 6.92 Å². The summed E-state index contributed by atoms with van der Waals surface area (Å²) in [6, 6.07) is 0.941. The quantitative estimate of drug-likeness (QED) is 0.707. The van der Waals surface area contributed by atoms with Crippen molar-refractivity contribution >= 4 is 12.0 Å². The van der Waals surface area contributed by atoms with Gasteiger partial charge in [-0.05, 0) is 19.4 Å². The minimum absolute atomic E-state index is 0.0868. The summed E-state index contributed by atoms with van der Waals surface area (Å²) in [5.41, 5.74) is 0.703. The molecule has 1 unspecified atom stereocenters. The fraction of sp³-hybridized carbons (Fsp3) is 0.500. The molecule has 7 heteroatoms. The second-order valence-electron chi connectivity index (χ2n) is 4.13. The van der Waals surface area contributed by atoms with Crippen LogP contribution in [-0.2, 0) is 11.3 Å². The van der Waals surface area contributed by atoms with Crippen LogP contribution in [0.1, 0.15) is 31.3 Å². The summed E-state index contributed by atoms with van der Waals surface area (Å²) in [6.45, 7) is 3.86. The molecule has 1 heterocycles. The van der Waals surface area contributed by atoms with E-state index in [0.29, 0.717) is 17.9 Å². The lowest BCUT2D eigenvalue weighted by molar-refractivity contribution is -0.137. The lowest BCUT2D eigenvalue weighted by Crippen LogP contribution is -2.42. The number of carboxylic acids is 1. The Morgan fingerprint density at radius 3 is 2.79 bits per heavy atom. The number of hydrogen-bond acceptors (Lipinski definition) is 4. The predicted molar refractivity (Wildman–Crippen MR) is 68.5 cm³/mol. The molecule has 0 saturated carbocycles. The molecule has 1 aromatic rings. The highest BCUT2D eigenvalue weighted by molar-refractivity contribution is 5.75. The number of aliphatic carboxylic acids is 1. The predicted octanol–water partition coefficient (Wildman–Crippen LogP) is 0.838. The Bertz CT molecular complexity index is 450. The van der Waals surface area contributed by atoms with Crippen molar-refractivity contribution in [1.82, 2.24) is 20.6 Å². The molecular weight excluding hydrogens is 248 g/mol. The third-order valence-electron chi connectivity index (χ3n) is 2.51. The van der Waals surface area contributed by atoms with Crippen LogP contribution in [0.2, 0.25) is 0 Å². The second kappa shape index (κ2) is 7.30. The average Bonchev–Trinajstić information content (AvgIpc) is 2.35. The highest BCUT2D eigenvalue weighted by Gasteiger charge is 2.13. The van der Waals surface area contributed by atoms with Crippen LogP contribution in [0.25, 0.3) is 0 Å². The molecule has 7 nitrogen and oxygen atoms in total. The monoisotopic (exact) mass is 266 g/mol. The molecule has 0 bridgehead atoms. The van der Waals surface area contributed by atoms with Gasteiger partial charge in [0.15, 0.2) is 0 Å². The minimum Gasteiger partial charge on any atom is -0.481 e. The maximum Gasteiger partial charge on any atom is 0.315 e. The molecule has 0 aliphatic rings. The van der Waals surface area contributed by atoms with Gasteiger partial charge in [-0.2, -0.15) is 0 Å². The van der Waals surface area contributed by atoms with Gasteiger partial charge in [-0.1, -0.05) is 6.92 Å². The molecule has 1 aromatic heterocycles. The Hall–Kier alpha value is -2.18. The number of urea groups is 1. The van der Waals surface area contributed by atoms with Crippen LogP contribution in [0.5, 0.6) is 0 Å². The molecule has 0 radical (unpaired) electrons. The Morgan fingerprint density at radius 1 is 1.47 bits per heavy atom. The lowest BCUT2D eigenvalue weighted by Gasteiger charge is -2.15. The zero-order chi connectivity index (χ0) is 14.3. The SMILES string of the molecule is CCC(CC(=O)O)NC(=O)NCc1ccnc(C)n1. The molecule has 0 aliphatic heterocycles. The van der Waals surface area contributed by atoms with Crippen LogP contribution < -0.4 is 10.6 Å². The van der Waals surface area contributed by atoms with Gasteiger partial charge >= 0.3 is 12.0 Å². The maximum absolute atomic E-state index is 11.6. The van der Waals surface area contributed by atoms with Gasteiger partial charge in [0.1, 0.15) is 5.82 Å². The number of aryl methyl sites for hydroxylation is 1. The number of carbonyl (C=O) groups is 2. The van der Waals surface area contributed by atoms with Crippen molar-refractivity contribution in [3.05, 3.63) is 23.8 Å². The summed E-state index contributed by atoms with van der Waals surface area (Å²) < 4.78 is 0. The number of carboxylic acid groups (broad SMARTS) is 1. The molecule has 0 fully saturated rings. The second-order valence-corrected chi connectivity index (χ2v) is 4.13. The number of amides is 2. The summed E-state index contributed by atoms with van der Waals surface area (Å²) in [5.74, 6) is -0.296. The summed E-state index contributed by atoms with van der Waals surface area (Å²) >= 11 is 0. The first kappa shape index (κ1) is 14.9. The van der Waals surface area contributed by atoms with E-state index in [4.69, 9.17) is 5.11 Å². The molecule has 19 heavy (non-hydrogen) atoms. The molecular formula is C12H18N4O3. The first-order chi connectivity index (χ1) is 9.01. The highest BCUT2D eigenvalue weighted by Crippen LogP contribution is 1.98. The van der Waals surface area contributed by atoms with Gasteiger partial charge in [-0.3, -0.25) is 4.79 Å². The standard InChI is InChI=1S/C12H18N4O3/c1-3-9(6-11(17)18)16-12(19)14-7-10-4-5-13-8(2)15-10/h4-5,9H,3,6-7H2,1-2H3,(H,17,18)(H2,14,16,19). The van der Waals surface area contributed by atoms with E-state index < -0.39 is 12.0 Å². The number of aromatic nitrogens is 2. The van der Waals surface area contributed by atoms with Crippen LogP contribution in [0, 0.1) is 6.92 Å². The van der Waals surface area contributed by atoms with E-state index in [1.54, 1.807) is 19.2 Å². The Labute approximate surface area is 111 Å². The van der Waals surface area contributed by atoms with Crippen molar-refractivity contribution in [3.8, 4) is 0 Å². The number of nitrogens with zero attached hydrogens (tertiary/aromatic N) is 2. The zero-order valence-electron chi connectivity index (χ0n) is 11.0. The lowest BCUT2D eigenvalue weighted by atomic mass is 10.1. The van der Waals surface area contributed by atoms with E-state index in [0.717, 1.165) is 0 Å². The first-order valence-electron chi connectivity index (χ1n) is 6.06. The fourth-order valence-corrected chi connectivity index (χ4v) is 1.52. The summed E-state index contributed by atoms with van der Waals surface area (Å²) in [5, 5.41) is 13.9. The summed E-state index contributed by atoms with van der Waals surface area (Å²) in [7, 11) is 0. The van der Waals surface area contributed by atoms with E-state index in [2.05, 4.69) is 20.6 Å². The van der Waals surface area contributed by atoms with Gasteiger partial charge in [-0.15, -0.1) is 0 Å². The Balaban J connectivity index is 2.40. The minimum atomic E-state index is -0.932. The van der Waals surface area contributed by atoms with E-state index in [-0.39, 0.29) is 19.0 Å². The van der Waals surface area contributed by atoms with Gasteiger partial charge < -0.3 is 15.7 Å². The van der Waals surface area contributed by atoms with E-state index in [1.165, 1.54) is 0 Å². The van der Waals surface area contributed by atoms with Crippen molar-refractivity contribution in [1.29, 1.82) is 0 Å². The Kier molecular flexibility index (Phi) is 5.72. The van der Waals surface area contributed by atoms with Crippen molar-refractivity contribution in [2.45, 2.75) is 39.3 Å². The normalized spacial score (nSPS) is 11.7. The number of hydrogen-bond donors (Lipinski definition) is 3.